The van der Waals surface area contributed by atoms with Gasteiger partial charge in [0.25, 0.3) is 5.56 Å². The van der Waals surface area contributed by atoms with E-state index in [-0.39, 0.29) is 5.56 Å². The maximum absolute atomic E-state index is 12.8. The van der Waals surface area contributed by atoms with Gasteiger partial charge in [0.2, 0.25) is 4.96 Å². The third-order valence-electron chi connectivity index (χ3n) is 3.67. The summed E-state index contributed by atoms with van der Waals surface area (Å²) < 4.78 is 7.40. The van der Waals surface area contributed by atoms with Crippen LogP contribution in [0.3, 0.4) is 0 Å². The first kappa shape index (κ1) is 14.6. The number of hydrogen-bond donors (Lipinski definition) is 0. The van der Waals surface area contributed by atoms with Crippen molar-refractivity contribution < 1.29 is 4.74 Å². The molecule has 0 aliphatic heterocycles. The van der Waals surface area contributed by atoms with E-state index < -0.39 is 0 Å². The Balaban J connectivity index is 1.90. The van der Waals surface area contributed by atoms with E-state index in [0.717, 1.165) is 16.9 Å². The first-order valence-electron chi connectivity index (χ1n) is 7.35. The molecule has 0 atom stereocenters. The Morgan fingerprint density at radius 3 is 2.71 bits per heavy atom. The molecule has 0 unspecified atom stereocenters. The summed E-state index contributed by atoms with van der Waals surface area (Å²) in [6.07, 6.45) is 1.85. The summed E-state index contributed by atoms with van der Waals surface area (Å²) in [4.78, 5) is 13.4. The summed E-state index contributed by atoms with van der Waals surface area (Å²) in [6.45, 7) is 0. The van der Waals surface area contributed by atoms with Crippen LogP contribution in [0.2, 0.25) is 0 Å². The summed E-state index contributed by atoms with van der Waals surface area (Å²) in [5.74, 6) is 1.32. The van der Waals surface area contributed by atoms with Crippen LogP contribution in [0.5, 0.6) is 5.75 Å². The molecule has 2 aromatic carbocycles. The maximum atomic E-state index is 12.8. The van der Waals surface area contributed by atoms with E-state index in [1.165, 1.54) is 11.3 Å². The van der Waals surface area contributed by atoms with E-state index in [9.17, 15) is 4.79 Å². The van der Waals surface area contributed by atoms with Gasteiger partial charge in [0.1, 0.15) is 5.75 Å². The van der Waals surface area contributed by atoms with Crippen LogP contribution in [0.25, 0.3) is 22.4 Å². The third kappa shape index (κ3) is 2.47. The van der Waals surface area contributed by atoms with Crippen LogP contribution >= 0.6 is 11.3 Å². The predicted molar refractivity (Wildman–Crippen MR) is 94.3 cm³/mol. The second-order valence-corrected chi connectivity index (χ2v) is 6.21. The van der Waals surface area contributed by atoms with E-state index >= 15 is 0 Å². The lowest BCUT2D eigenvalue weighted by atomic mass is 10.2. The van der Waals surface area contributed by atoms with Crippen LogP contribution < -0.4 is 14.8 Å². The molecular formula is C18H13N3O2S. The van der Waals surface area contributed by atoms with Crippen molar-refractivity contribution in [2.45, 2.75) is 0 Å². The number of thiazole rings is 1. The van der Waals surface area contributed by atoms with Gasteiger partial charge in [-0.15, -0.1) is 10.2 Å². The number of methoxy groups -OCH3 is 1. The summed E-state index contributed by atoms with van der Waals surface area (Å²) in [7, 11) is 1.62. The normalized spacial score (nSPS) is 12.0. The highest BCUT2D eigenvalue weighted by Crippen LogP contribution is 2.17. The molecule has 0 radical (unpaired) electrons. The van der Waals surface area contributed by atoms with Crippen molar-refractivity contribution in [3.05, 3.63) is 75.0 Å². The smallest absolute Gasteiger partial charge is 0.276 e. The topological polar surface area (TPSA) is 56.5 Å². The van der Waals surface area contributed by atoms with Gasteiger partial charge in [-0.1, -0.05) is 53.8 Å². The first-order valence-corrected chi connectivity index (χ1v) is 8.17. The number of fused-ring (bicyclic) bond motifs is 1. The highest BCUT2D eigenvalue weighted by atomic mass is 32.1. The molecule has 4 aromatic rings. The Morgan fingerprint density at radius 2 is 1.92 bits per heavy atom. The average molecular weight is 335 g/mol. The minimum atomic E-state index is -0.110. The molecule has 0 aliphatic carbocycles. The SMILES string of the molecule is COc1cccc(/C=c2\sc3nnc(-c4ccccc4)n3c2=O)c1. The Hall–Kier alpha value is -2.99. The molecule has 6 heteroatoms. The van der Waals surface area contributed by atoms with Gasteiger partial charge >= 0.3 is 0 Å². The molecule has 0 saturated carbocycles. The monoisotopic (exact) mass is 335 g/mol. The molecule has 5 nitrogen and oxygen atoms in total. The fraction of sp³-hybridized carbons (Fsp3) is 0.0556. The summed E-state index contributed by atoms with van der Waals surface area (Å²) >= 11 is 1.33. The summed E-state index contributed by atoms with van der Waals surface area (Å²) in [5.41, 5.74) is 1.67. The Labute approximate surface area is 141 Å². The number of ether oxygens (including phenoxy) is 1. The Bertz CT molecular complexity index is 1120. The molecule has 118 valence electrons. The van der Waals surface area contributed by atoms with Gasteiger partial charge in [-0.2, -0.15) is 0 Å². The fourth-order valence-electron chi connectivity index (χ4n) is 2.52. The minimum Gasteiger partial charge on any atom is -0.497 e. The van der Waals surface area contributed by atoms with Crippen molar-refractivity contribution in [1.29, 1.82) is 0 Å². The number of rotatable bonds is 3. The van der Waals surface area contributed by atoms with Crippen LogP contribution in [-0.4, -0.2) is 21.7 Å². The van der Waals surface area contributed by atoms with Crippen LogP contribution in [0, 0.1) is 0 Å². The molecule has 24 heavy (non-hydrogen) atoms. The van der Waals surface area contributed by atoms with E-state index in [4.69, 9.17) is 4.74 Å². The molecule has 0 N–H and O–H groups in total. The van der Waals surface area contributed by atoms with Crippen molar-refractivity contribution in [1.82, 2.24) is 14.6 Å². The Morgan fingerprint density at radius 1 is 1.08 bits per heavy atom. The largest absolute Gasteiger partial charge is 0.497 e. The number of hydrogen-bond acceptors (Lipinski definition) is 5. The van der Waals surface area contributed by atoms with Gasteiger partial charge < -0.3 is 4.74 Å². The molecule has 0 bridgehead atoms. The summed E-state index contributed by atoms with van der Waals surface area (Å²) in [5, 5.41) is 8.29. The van der Waals surface area contributed by atoms with Crippen LogP contribution in [0.4, 0.5) is 0 Å². The zero-order valence-electron chi connectivity index (χ0n) is 12.8. The number of nitrogens with zero attached hydrogens (tertiary/aromatic N) is 3. The predicted octanol–water partition coefficient (Wildman–Crippen LogP) is 2.37. The Kier molecular flexibility index (Phi) is 3.59. The molecule has 0 aliphatic rings. The second kappa shape index (κ2) is 5.90. The highest BCUT2D eigenvalue weighted by Gasteiger charge is 2.13. The molecular weight excluding hydrogens is 322 g/mol. The lowest BCUT2D eigenvalue weighted by Gasteiger charge is -1.99. The van der Waals surface area contributed by atoms with Crippen molar-refractivity contribution in [3.63, 3.8) is 0 Å². The third-order valence-corrected chi connectivity index (χ3v) is 4.63. The molecule has 0 fully saturated rings. The van der Waals surface area contributed by atoms with Crippen molar-refractivity contribution >= 4 is 22.4 Å². The van der Waals surface area contributed by atoms with E-state index in [2.05, 4.69) is 10.2 Å². The molecule has 0 spiro atoms. The van der Waals surface area contributed by atoms with Gasteiger partial charge in [0.05, 0.1) is 11.6 Å². The quantitative estimate of drug-likeness (QED) is 0.577. The van der Waals surface area contributed by atoms with Crippen LogP contribution in [0.15, 0.2) is 59.4 Å². The van der Waals surface area contributed by atoms with Crippen molar-refractivity contribution in [3.8, 4) is 17.1 Å². The molecule has 2 heterocycles. The molecule has 4 rings (SSSR count). The minimum absolute atomic E-state index is 0.110. The molecule has 0 saturated heterocycles. The zero-order chi connectivity index (χ0) is 16.5. The van der Waals surface area contributed by atoms with Gasteiger partial charge in [0, 0.05) is 5.56 Å². The van der Waals surface area contributed by atoms with Crippen LogP contribution in [-0.2, 0) is 0 Å². The van der Waals surface area contributed by atoms with E-state index in [1.54, 1.807) is 11.5 Å². The van der Waals surface area contributed by atoms with Crippen molar-refractivity contribution in [2.24, 2.45) is 0 Å². The lowest BCUT2D eigenvalue weighted by Crippen LogP contribution is -2.23. The van der Waals surface area contributed by atoms with Crippen molar-refractivity contribution in [2.75, 3.05) is 7.11 Å². The molecule has 2 aromatic heterocycles. The van der Waals surface area contributed by atoms with Gasteiger partial charge in [-0.3, -0.25) is 4.79 Å². The van der Waals surface area contributed by atoms with Gasteiger partial charge in [-0.25, -0.2) is 4.40 Å². The number of benzene rings is 2. The molecule has 0 amide bonds. The van der Waals surface area contributed by atoms with E-state index in [0.29, 0.717) is 15.3 Å². The average Bonchev–Trinajstić information content (AvgIpc) is 3.17. The van der Waals surface area contributed by atoms with E-state index in [1.807, 2.05) is 60.7 Å². The highest BCUT2D eigenvalue weighted by molar-refractivity contribution is 7.15. The second-order valence-electron chi connectivity index (χ2n) is 5.20. The van der Waals surface area contributed by atoms with Crippen LogP contribution in [0.1, 0.15) is 5.56 Å². The van der Waals surface area contributed by atoms with Gasteiger partial charge in [0.15, 0.2) is 5.82 Å². The summed E-state index contributed by atoms with van der Waals surface area (Å²) in [6, 6.07) is 17.2. The van der Waals surface area contributed by atoms with Gasteiger partial charge in [-0.05, 0) is 23.8 Å². The number of aromatic nitrogens is 3. The fourth-order valence-corrected chi connectivity index (χ4v) is 3.43. The maximum Gasteiger partial charge on any atom is 0.276 e. The first-order chi connectivity index (χ1) is 11.8. The standard InChI is InChI=1S/C18H13N3O2S/c1-23-14-9-5-6-12(10-14)11-15-17(22)21-16(19-20-18(21)24-15)13-7-3-2-4-8-13/h2-11H,1H3/b15-11-. The lowest BCUT2D eigenvalue weighted by molar-refractivity contribution is 0.414. The zero-order valence-corrected chi connectivity index (χ0v) is 13.7.